The van der Waals surface area contributed by atoms with Gasteiger partial charge in [-0.25, -0.2) is 9.59 Å². The molecule has 33 heavy (non-hydrogen) atoms. The lowest BCUT2D eigenvalue weighted by atomic mass is 10.1. The number of benzene rings is 1. The Labute approximate surface area is 188 Å². The number of hydrogen-bond acceptors (Lipinski definition) is 9. The van der Waals surface area contributed by atoms with Crippen molar-refractivity contribution in [2.45, 2.75) is 13.1 Å². The molecular weight excluding hydrogens is 432 g/mol. The normalized spacial score (nSPS) is 11.1. The number of esters is 1. The van der Waals surface area contributed by atoms with Crippen LogP contribution in [0.5, 0.6) is 6.01 Å². The maximum Gasteiger partial charge on any atom is 0.330 e. The molecule has 0 radical (unpaired) electrons. The molecule has 4 N–H and O–H groups in total. The highest BCUT2D eigenvalue weighted by molar-refractivity contribution is 5.94. The zero-order chi connectivity index (χ0) is 23.8. The molecule has 0 aliphatic carbocycles. The van der Waals surface area contributed by atoms with E-state index < -0.39 is 11.9 Å². The summed E-state index contributed by atoms with van der Waals surface area (Å²) in [7, 11) is 2.78. The smallest absolute Gasteiger partial charge is 0.330 e. The Hall–Kier alpha value is -4.19. The van der Waals surface area contributed by atoms with Gasteiger partial charge in [0, 0.05) is 25.8 Å². The van der Waals surface area contributed by atoms with Gasteiger partial charge in [-0.05, 0) is 11.1 Å². The Morgan fingerprint density at radius 3 is 2.55 bits per heavy atom. The fourth-order valence-electron chi connectivity index (χ4n) is 2.86. The van der Waals surface area contributed by atoms with E-state index in [9.17, 15) is 14.4 Å². The summed E-state index contributed by atoms with van der Waals surface area (Å²) in [5.74, 6) is -0.922. The molecule has 1 amide bonds. The Balaban J connectivity index is 1.70. The third kappa shape index (κ3) is 6.17. The monoisotopic (exact) mass is 456 g/mol. The number of nitrogens with zero attached hydrogens (tertiary/aromatic N) is 3. The van der Waals surface area contributed by atoms with Crippen LogP contribution in [0.15, 0.2) is 41.2 Å². The van der Waals surface area contributed by atoms with Gasteiger partial charge in [-0.1, -0.05) is 24.3 Å². The number of nitrogens with two attached hydrogens (primary N) is 1. The van der Waals surface area contributed by atoms with Crippen molar-refractivity contribution in [2.24, 2.45) is 0 Å². The molecule has 1 aromatic carbocycles. The van der Waals surface area contributed by atoms with E-state index in [1.165, 1.54) is 11.7 Å². The number of amides is 1. The third-order valence-electron chi connectivity index (χ3n) is 4.55. The number of nitrogen functional groups attached to an aromatic ring is 1. The molecule has 174 valence electrons. The Morgan fingerprint density at radius 1 is 1.12 bits per heavy atom. The lowest BCUT2D eigenvalue weighted by Gasteiger charge is -2.08. The van der Waals surface area contributed by atoms with Crippen molar-refractivity contribution >= 4 is 28.9 Å². The maximum absolute atomic E-state index is 12.5. The average Bonchev–Trinajstić information content (AvgIpc) is 3.12. The number of methoxy groups -OCH3 is 2. The number of H-pyrrole nitrogens is 1. The molecule has 0 aliphatic rings. The molecule has 0 saturated carbocycles. The van der Waals surface area contributed by atoms with Crippen molar-refractivity contribution in [2.75, 3.05) is 33.2 Å². The summed E-state index contributed by atoms with van der Waals surface area (Å²) in [6.07, 6.45) is 2.14. The Morgan fingerprint density at radius 2 is 1.85 bits per heavy atom. The number of carbonyl (C=O) groups excluding carboxylic acids is 2. The van der Waals surface area contributed by atoms with Gasteiger partial charge in [0.05, 0.1) is 20.3 Å². The number of ether oxygens (including phenoxy) is 3. The number of hydrogen-bond donors (Lipinski definition) is 3. The predicted octanol–water partition coefficient (Wildman–Crippen LogP) is 0.121. The third-order valence-corrected chi connectivity index (χ3v) is 4.55. The van der Waals surface area contributed by atoms with Gasteiger partial charge in [-0.15, -0.1) is 0 Å². The predicted molar refractivity (Wildman–Crippen MR) is 118 cm³/mol. The van der Waals surface area contributed by atoms with Gasteiger partial charge >= 0.3 is 17.7 Å². The van der Waals surface area contributed by atoms with Crippen molar-refractivity contribution in [1.82, 2.24) is 24.8 Å². The molecular formula is C21H24N6O6. The summed E-state index contributed by atoms with van der Waals surface area (Å²) < 4.78 is 16.2. The number of aromatic nitrogens is 4. The van der Waals surface area contributed by atoms with Crippen LogP contribution in [0.3, 0.4) is 0 Å². The molecule has 3 aromatic rings. The maximum atomic E-state index is 12.5. The van der Waals surface area contributed by atoms with Gasteiger partial charge in [-0.3, -0.25) is 9.36 Å². The van der Waals surface area contributed by atoms with Gasteiger partial charge in [0.15, 0.2) is 11.5 Å². The number of rotatable bonds is 10. The fraction of sp³-hybridized carbons (Fsp3) is 0.286. The largest absolute Gasteiger partial charge is 0.466 e. The highest BCUT2D eigenvalue weighted by Crippen LogP contribution is 2.18. The van der Waals surface area contributed by atoms with Crippen LogP contribution in [0.4, 0.5) is 5.82 Å². The first kappa shape index (κ1) is 23.5. The molecule has 0 atom stereocenters. The molecule has 3 rings (SSSR count). The minimum Gasteiger partial charge on any atom is -0.466 e. The molecule has 0 bridgehead atoms. The Bertz CT molecular complexity index is 1210. The van der Waals surface area contributed by atoms with Gasteiger partial charge in [0.2, 0.25) is 5.91 Å². The van der Waals surface area contributed by atoms with Crippen LogP contribution in [0, 0.1) is 0 Å². The van der Waals surface area contributed by atoms with Crippen LogP contribution >= 0.6 is 0 Å². The first-order valence-electron chi connectivity index (χ1n) is 9.90. The van der Waals surface area contributed by atoms with E-state index in [1.54, 1.807) is 7.11 Å². The van der Waals surface area contributed by atoms with Crippen molar-refractivity contribution in [3.05, 3.63) is 58.0 Å². The lowest BCUT2D eigenvalue weighted by molar-refractivity contribution is -0.135. The number of carbonyl (C=O) groups is 2. The van der Waals surface area contributed by atoms with E-state index in [1.807, 2.05) is 24.3 Å². The van der Waals surface area contributed by atoms with Crippen LogP contribution in [-0.2, 0) is 32.2 Å². The molecule has 0 aliphatic heterocycles. The number of nitrogens with one attached hydrogen (secondary N) is 2. The fourth-order valence-corrected chi connectivity index (χ4v) is 2.86. The molecule has 12 nitrogen and oxygen atoms in total. The van der Waals surface area contributed by atoms with Crippen LogP contribution in [0.25, 0.3) is 11.2 Å². The molecule has 2 heterocycles. The van der Waals surface area contributed by atoms with Gasteiger partial charge in [0.25, 0.3) is 0 Å². The van der Waals surface area contributed by atoms with Crippen LogP contribution in [0.2, 0.25) is 0 Å². The topological polar surface area (TPSA) is 163 Å². The van der Waals surface area contributed by atoms with E-state index in [2.05, 4.69) is 25.0 Å². The summed E-state index contributed by atoms with van der Waals surface area (Å²) in [6.45, 7) is 1.10. The molecule has 12 heteroatoms. The second-order valence-electron chi connectivity index (χ2n) is 6.84. The first-order valence-corrected chi connectivity index (χ1v) is 9.90. The average molecular weight is 456 g/mol. The van der Waals surface area contributed by atoms with Crippen molar-refractivity contribution in [1.29, 1.82) is 0 Å². The minimum atomic E-state index is -0.609. The minimum absolute atomic E-state index is 0.0529. The highest BCUT2D eigenvalue weighted by atomic mass is 16.5. The second kappa shape index (κ2) is 10.9. The van der Waals surface area contributed by atoms with E-state index in [0.29, 0.717) is 17.8 Å². The Kier molecular flexibility index (Phi) is 7.76. The molecule has 0 saturated heterocycles. The summed E-state index contributed by atoms with van der Waals surface area (Å²) >= 11 is 0. The number of anilines is 1. The van der Waals surface area contributed by atoms with Crippen molar-refractivity contribution < 1.29 is 23.8 Å². The number of aromatic amines is 1. The van der Waals surface area contributed by atoms with E-state index >= 15 is 0 Å². The summed E-state index contributed by atoms with van der Waals surface area (Å²) in [6, 6.07) is 7.36. The zero-order valence-electron chi connectivity index (χ0n) is 18.2. The summed E-state index contributed by atoms with van der Waals surface area (Å²) in [4.78, 5) is 46.2. The lowest BCUT2D eigenvalue weighted by Crippen LogP contribution is -2.21. The molecule has 0 spiro atoms. The SMILES string of the molecule is COCCOc1nc(N)c2[nH]c(=O)n(Cc3ccc(CNC(=O)/C=C/C(=O)OC)cc3)c2n1. The first-order chi connectivity index (χ1) is 15.9. The van der Waals surface area contributed by atoms with Crippen molar-refractivity contribution in [3.8, 4) is 6.01 Å². The number of imidazole rings is 1. The quantitative estimate of drug-likeness (QED) is 0.218. The summed E-state index contributed by atoms with van der Waals surface area (Å²) in [5, 5.41) is 2.66. The summed E-state index contributed by atoms with van der Waals surface area (Å²) in [5.41, 5.74) is 7.90. The van der Waals surface area contributed by atoms with Gasteiger partial charge < -0.3 is 30.2 Å². The molecule has 0 fully saturated rings. The zero-order valence-corrected chi connectivity index (χ0v) is 18.2. The van der Waals surface area contributed by atoms with E-state index in [0.717, 1.165) is 23.3 Å². The molecule has 0 unspecified atom stereocenters. The van der Waals surface area contributed by atoms with E-state index in [-0.39, 0.29) is 37.2 Å². The highest BCUT2D eigenvalue weighted by Gasteiger charge is 2.15. The second-order valence-corrected chi connectivity index (χ2v) is 6.84. The van der Waals surface area contributed by atoms with Gasteiger partial charge in [0.1, 0.15) is 12.1 Å². The van der Waals surface area contributed by atoms with Crippen molar-refractivity contribution in [3.63, 3.8) is 0 Å². The van der Waals surface area contributed by atoms with E-state index in [4.69, 9.17) is 15.2 Å². The number of fused-ring (bicyclic) bond motifs is 1. The van der Waals surface area contributed by atoms with Crippen LogP contribution < -0.4 is 21.5 Å². The van der Waals surface area contributed by atoms with Crippen LogP contribution in [0.1, 0.15) is 11.1 Å². The van der Waals surface area contributed by atoms with Crippen LogP contribution in [-0.4, -0.2) is 58.8 Å². The molecule has 2 aromatic heterocycles. The standard InChI is InChI=1S/C21H24N6O6/c1-31-9-10-33-20-25-18(22)17-19(26-20)27(21(30)24-17)12-14-5-3-13(4-6-14)11-23-15(28)7-8-16(29)32-2/h3-8H,9-12H2,1-2H3,(H,23,28)(H,24,30)(H2,22,25,26)/b8-7+. The van der Waals surface area contributed by atoms with Gasteiger partial charge in [-0.2, -0.15) is 9.97 Å².